The summed E-state index contributed by atoms with van der Waals surface area (Å²) in [6.07, 6.45) is 0. The number of hydrogen-bond acceptors (Lipinski definition) is 3. The minimum absolute atomic E-state index is 0.510. The number of hydrogen-bond donors (Lipinski definition) is 0. The largest absolute Gasteiger partial charge is 0.309 e. The molecule has 202 valence electrons. The molecule has 0 amide bonds. The maximum atomic E-state index is 10.4. The van der Waals surface area contributed by atoms with E-state index < -0.39 is 0 Å². The summed E-state index contributed by atoms with van der Waals surface area (Å²) >= 11 is 0. The van der Waals surface area contributed by atoms with Crippen molar-refractivity contribution in [1.82, 2.24) is 9.13 Å². The van der Waals surface area contributed by atoms with Crippen LogP contribution in [0.25, 0.3) is 66.1 Å². The molecule has 8 rings (SSSR count). The van der Waals surface area contributed by atoms with Gasteiger partial charge in [0.2, 0.25) is 0 Å². The SMILES string of the molecule is N#Cc1cc(-c2cccc(C#N)c2-n2c3ccccc3c3cc(C#N)ccc32)cc(-n2c3ccccc3c3ccccc32)c1. The highest BCUT2D eigenvalue weighted by Gasteiger charge is 2.20. The highest BCUT2D eigenvalue weighted by molar-refractivity contribution is 6.11. The third kappa shape index (κ3) is 3.63. The molecular formula is C39H21N5. The fraction of sp³-hybridized carbons (Fsp3) is 0. The summed E-state index contributed by atoms with van der Waals surface area (Å²) in [5, 5.41) is 34.4. The van der Waals surface area contributed by atoms with Gasteiger partial charge in [-0.25, -0.2) is 0 Å². The maximum absolute atomic E-state index is 10.4. The van der Waals surface area contributed by atoms with Gasteiger partial charge in [0.15, 0.2) is 0 Å². The Morgan fingerprint density at radius 1 is 0.432 bits per heavy atom. The fourth-order valence-corrected chi connectivity index (χ4v) is 6.55. The van der Waals surface area contributed by atoms with Crippen molar-refractivity contribution in [3.63, 3.8) is 0 Å². The van der Waals surface area contributed by atoms with E-state index >= 15 is 0 Å². The van der Waals surface area contributed by atoms with Crippen LogP contribution in [0.4, 0.5) is 0 Å². The Morgan fingerprint density at radius 2 is 1.02 bits per heavy atom. The quantitative estimate of drug-likeness (QED) is 0.216. The first-order valence-corrected chi connectivity index (χ1v) is 14.2. The van der Waals surface area contributed by atoms with Gasteiger partial charge in [0.25, 0.3) is 0 Å². The number of fused-ring (bicyclic) bond motifs is 6. The molecule has 8 aromatic rings. The van der Waals surface area contributed by atoms with Crippen molar-refractivity contribution in [2.75, 3.05) is 0 Å². The van der Waals surface area contributed by atoms with Gasteiger partial charge in [-0.05, 0) is 66.2 Å². The Kier molecular flexibility index (Phi) is 5.56. The third-order valence-corrected chi connectivity index (χ3v) is 8.38. The number of nitriles is 3. The van der Waals surface area contributed by atoms with Crippen LogP contribution in [0.2, 0.25) is 0 Å². The number of nitrogens with zero attached hydrogens (tertiary/aromatic N) is 5. The summed E-state index contributed by atoms with van der Waals surface area (Å²) < 4.78 is 4.31. The average molecular weight is 560 g/mol. The molecule has 0 bridgehead atoms. The Labute approximate surface area is 252 Å². The minimum atomic E-state index is 0.510. The van der Waals surface area contributed by atoms with Crippen LogP contribution in [0.5, 0.6) is 0 Å². The van der Waals surface area contributed by atoms with Crippen molar-refractivity contribution in [1.29, 1.82) is 15.8 Å². The van der Waals surface area contributed by atoms with Crippen LogP contribution in [0.1, 0.15) is 16.7 Å². The first kappa shape index (κ1) is 25.1. The Balaban J connectivity index is 1.46. The second-order valence-corrected chi connectivity index (χ2v) is 10.8. The summed E-state index contributed by atoms with van der Waals surface area (Å²) in [6.45, 7) is 0. The molecule has 0 aliphatic heterocycles. The van der Waals surface area contributed by atoms with E-state index in [-0.39, 0.29) is 0 Å². The molecule has 0 radical (unpaired) electrons. The van der Waals surface area contributed by atoms with E-state index in [0.717, 1.165) is 66.1 Å². The van der Waals surface area contributed by atoms with Gasteiger partial charge in [0, 0.05) is 32.8 Å². The van der Waals surface area contributed by atoms with Gasteiger partial charge < -0.3 is 9.13 Å². The lowest BCUT2D eigenvalue weighted by atomic mass is 9.97. The van der Waals surface area contributed by atoms with Crippen LogP contribution >= 0.6 is 0 Å². The third-order valence-electron chi connectivity index (χ3n) is 8.38. The normalized spacial score (nSPS) is 11.1. The fourth-order valence-electron chi connectivity index (χ4n) is 6.55. The van der Waals surface area contributed by atoms with Gasteiger partial charge in [0.1, 0.15) is 6.07 Å². The van der Waals surface area contributed by atoms with Crippen LogP contribution in [-0.4, -0.2) is 9.13 Å². The van der Waals surface area contributed by atoms with Crippen molar-refractivity contribution in [2.24, 2.45) is 0 Å². The average Bonchev–Trinajstić information content (AvgIpc) is 3.60. The molecule has 5 heteroatoms. The molecule has 6 aromatic carbocycles. The van der Waals surface area contributed by atoms with Gasteiger partial charge in [-0.2, -0.15) is 15.8 Å². The Morgan fingerprint density at radius 3 is 1.66 bits per heavy atom. The standard InChI is InChI=1S/C39H21N5/c40-22-25-16-17-38-34(20-25)33-11-3-6-15-37(33)44(38)39-27(24-42)8-7-12-30(39)28-18-26(23-41)19-29(21-28)43-35-13-4-1-9-31(35)32-10-2-5-14-36(32)43/h1-21H. The van der Waals surface area contributed by atoms with E-state index in [0.29, 0.717) is 16.7 Å². The topological polar surface area (TPSA) is 81.2 Å². The van der Waals surface area contributed by atoms with Gasteiger partial charge >= 0.3 is 0 Å². The molecule has 0 atom stereocenters. The minimum Gasteiger partial charge on any atom is -0.309 e. The lowest BCUT2D eigenvalue weighted by molar-refractivity contribution is 1.16. The van der Waals surface area contributed by atoms with Crippen LogP contribution in [-0.2, 0) is 0 Å². The summed E-state index contributed by atoms with van der Waals surface area (Å²) in [4.78, 5) is 0. The van der Waals surface area contributed by atoms with Gasteiger partial charge in [-0.15, -0.1) is 0 Å². The molecule has 0 spiro atoms. The smallest absolute Gasteiger partial charge is 0.101 e. The highest BCUT2D eigenvalue weighted by atomic mass is 15.0. The second-order valence-electron chi connectivity index (χ2n) is 10.8. The van der Waals surface area contributed by atoms with E-state index in [1.165, 1.54) is 0 Å². The maximum Gasteiger partial charge on any atom is 0.101 e. The van der Waals surface area contributed by atoms with Crippen molar-refractivity contribution < 1.29 is 0 Å². The van der Waals surface area contributed by atoms with Crippen LogP contribution < -0.4 is 0 Å². The van der Waals surface area contributed by atoms with Crippen molar-refractivity contribution in [2.45, 2.75) is 0 Å². The highest BCUT2D eigenvalue weighted by Crippen LogP contribution is 2.40. The molecule has 2 heterocycles. The molecule has 5 nitrogen and oxygen atoms in total. The van der Waals surface area contributed by atoms with E-state index in [1.807, 2.05) is 97.1 Å². The Bertz CT molecular complexity index is 2540. The number of aromatic nitrogens is 2. The van der Waals surface area contributed by atoms with Gasteiger partial charge in [-0.3, -0.25) is 0 Å². The molecule has 44 heavy (non-hydrogen) atoms. The van der Waals surface area contributed by atoms with E-state index in [1.54, 1.807) is 0 Å². The molecule has 0 fully saturated rings. The summed E-state index contributed by atoms with van der Waals surface area (Å²) in [5.74, 6) is 0. The molecular weight excluding hydrogens is 538 g/mol. The first-order valence-electron chi connectivity index (χ1n) is 14.2. The van der Waals surface area contributed by atoms with E-state index in [4.69, 9.17) is 0 Å². The van der Waals surface area contributed by atoms with Crippen LogP contribution in [0, 0.1) is 34.0 Å². The molecule has 0 aliphatic rings. The summed E-state index contributed by atoms with van der Waals surface area (Å²) in [5.41, 5.74) is 8.79. The lowest BCUT2D eigenvalue weighted by Crippen LogP contribution is -2.02. The van der Waals surface area contributed by atoms with Crippen LogP contribution in [0.15, 0.2) is 127 Å². The molecule has 0 saturated carbocycles. The van der Waals surface area contributed by atoms with Gasteiger partial charge in [0.05, 0.1) is 56.6 Å². The van der Waals surface area contributed by atoms with Crippen molar-refractivity contribution in [3.8, 4) is 40.7 Å². The Hall–Kier alpha value is -6.61. The molecule has 0 aliphatic carbocycles. The monoisotopic (exact) mass is 559 g/mol. The van der Waals surface area contributed by atoms with Crippen molar-refractivity contribution in [3.05, 3.63) is 144 Å². The second kappa shape index (κ2) is 9.74. The molecule has 0 saturated heterocycles. The predicted molar refractivity (Wildman–Crippen MR) is 175 cm³/mol. The predicted octanol–water partition coefficient (Wildman–Crippen LogP) is 9.16. The molecule has 2 aromatic heterocycles. The van der Waals surface area contributed by atoms with E-state index in [2.05, 4.69) is 57.7 Å². The van der Waals surface area contributed by atoms with Crippen LogP contribution in [0.3, 0.4) is 0 Å². The van der Waals surface area contributed by atoms with Gasteiger partial charge in [-0.1, -0.05) is 66.7 Å². The zero-order valence-electron chi connectivity index (χ0n) is 23.4. The first-order chi connectivity index (χ1) is 21.7. The summed E-state index contributed by atoms with van der Waals surface area (Å²) in [6, 6.07) is 49.0. The lowest BCUT2D eigenvalue weighted by Gasteiger charge is -2.17. The number of para-hydroxylation sites is 4. The number of benzene rings is 6. The summed E-state index contributed by atoms with van der Waals surface area (Å²) in [7, 11) is 0. The number of rotatable bonds is 3. The zero-order chi connectivity index (χ0) is 29.8. The van der Waals surface area contributed by atoms with E-state index in [9.17, 15) is 15.8 Å². The van der Waals surface area contributed by atoms with Crippen molar-refractivity contribution >= 4 is 43.6 Å². The zero-order valence-corrected chi connectivity index (χ0v) is 23.4. The molecule has 0 N–H and O–H groups in total. The molecule has 0 unspecified atom stereocenters.